The number of ether oxygens (including phenoxy) is 1. The topological polar surface area (TPSA) is 75.7 Å². The van der Waals surface area contributed by atoms with Crippen LogP contribution < -0.4 is 14.4 Å². The normalized spacial score (nSPS) is 13.4. The van der Waals surface area contributed by atoms with Crippen LogP contribution in [0.3, 0.4) is 0 Å². The lowest BCUT2D eigenvalue weighted by Crippen LogP contribution is -2.27. The summed E-state index contributed by atoms with van der Waals surface area (Å²) in [5, 5.41) is 5.10. The second-order valence-corrected chi connectivity index (χ2v) is 9.07. The molecule has 0 saturated heterocycles. The van der Waals surface area contributed by atoms with Crippen molar-refractivity contribution in [2.75, 3.05) is 24.2 Å². The molecule has 0 spiro atoms. The molecule has 0 aliphatic carbocycles. The molecule has 1 N–H and O–H groups in total. The van der Waals surface area contributed by atoms with E-state index in [4.69, 9.17) is 4.74 Å². The van der Waals surface area contributed by atoms with Gasteiger partial charge in [0.2, 0.25) is 10.0 Å². The zero-order valence-electron chi connectivity index (χ0n) is 16.3. The Balaban J connectivity index is 1.47. The second-order valence-electron chi connectivity index (χ2n) is 7.16. The number of anilines is 1. The van der Waals surface area contributed by atoms with Crippen LogP contribution in [0.2, 0.25) is 0 Å². The van der Waals surface area contributed by atoms with E-state index in [-0.39, 0.29) is 5.91 Å². The fraction of sp³-hybridized carbons (Fsp3) is 0.227. The van der Waals surface area contributed by atoms with Gasteiger partial charge in [0.25, 0.3) is 5.91 Å². The number of nitrogens with zero attached hydrogens (tertiary/aromatic N) is 1. The molecule has 3 aromatic rings. The molecule has 0 fully saturated rings. The van der Waals surface area contributed by atoms with Gasteiger partial charge in [0.15, 0.2) is 0 Å². The summed E-state index contributed by atoms with van der Waals surface area (Å²) in [6.45, 7) is 0.828. The maximum atomic E-state index is 12.6. The first kappa shape index (κ1) is 19.3. The number of hydrogen-bond acceptors (Lipinski definition) is 4. The number of hydrogen-bond donors (Lipinski definition) is 1. The minimum absolute atomic E-state index is 0.180. The third-order valence-electron chi connectivity index (χ3n) is 5.16. The predicted molar refractivity (Wildman–Crippen MR) is 114 cm³/mol. The molecule has 1 aliphatic heterocycles. The highest BCUT2D eigenvalue weighted by Crippen LogP contribution is 2.30. The Morgan fingerprint density at radius 3 is 2.59 bits per heavy atom. The average molecular weight is 410 g/mol. The Morgan fingerprint density at radius 1 is 1.07 bits per heavy atom. The van der Waals surface area contributed by atoms with Gasteiger partial charge in [-0.25, -0.2) is 8.42 Å². The molecule has 1 heterocycles. The van der Waals surface area contributed by atoms with Crippen LogP contribution in [-0.2, 0) is 23.0 Å². The number of amides is 1. The van der Waals surface area contributed by atoms with E-state index in [1.165, 1.54) is 10.6 Å². The van der Waals surface area contributed by atoms with E-state index >= 15 is 0 Å². The smallest absolute Gasteiger partial charge is 0.251 e. The lowest BCUT2D eigenvalue weighted by Gasteiger charge is -2.16. The van der Waals surface area contributed by atoms with Crippen molar-refractivity contribution >= 4 is 32.4 Å². The molecule has 0 radical (unpaired) electrons. The number of sulfonamides is 1. The summed E-state index contributed by atoms with van der Waals surface area (Å²) in [4.78, 5) is 12.6. The number of carbonyl (C=O) groups is 1. The molecule has 7 heteroatoms. The Kier molecular flexibility index (Phi) is 4.92. The Morgan fingerprint density at radius 2 is 1.83 bits per heavy atom. The molecule has 1 amide bonds. The van der Waals surface area contributed by atoms with Gasteiger partial charge >= 0.3 is 0 Å². The van der Waals surface area contributed by atoms with E-state index in [1.54, 1.807) is 25.3 Å². The van der Waals surface area contributed by atoms with Crippen LogP contribution >= 0.6 is 0 Å². The van der Waals surface area contributed by atoms with E-state index in [1.807, 2.05) is 36.4 Å². The van der Waals surface area contributed by atoms with Crippen molar-refractivity contribution in [3.63, 3.8) is 0 Å². The van der Waals surface area contributed by atoms with Crippen LogP contribution in [0.15, 0.2) is 54.6 Å². The Bertz CT molecular complexity index is 1200. The first-order valence-corrected chi connectivity index (χ1v) is 11.2. The fourth-order valence-electron chi connectivity index (χ4n) is 3.65. The zero-order valence-corrected chi connectivity index (χ0v) is 17.1. The maximum Gasteiger partial charge on any atom is 0.251 e. The molecule has 1 aliphatic rings. The van der Waals surface area contributed by atoms with Crippen molar-refractivity contribution in [3.8, 4) is 5.75 Å². The van der Waals surface area contributed by atoms with E-state index in [2.05, 4.69) is 5.32 Å². The number of carbonyl (C=O) groups excluding carboxylic acids is 1. The number of rotatable bonds is 5. The van der Waals surface area contributed by atoms with Crippen LogP contribution in [0.5, 0.6) is 5.75 Å². The van der Waals surface area contributed by atoms with Crippen molar-refractivity contribution in [2.45, 2.75) is 13.0 Å². The van der Waals surface area contributed by atoms with Crippen molar-refractivity contribution in [1.29, 1.82) is 0 Å². The van der Waals surface area contributed by atoms with Crippen LogP contribution in [-0.4, -0.2) is 34.2 Å². The van der Waals surface area contributed by atoms with Crippen molar-refractivity contribution in [2.24, 2.45) is 0 Å². The second kappa shape index (κ2) is 7.40. The monoisotopic (exact) mass is 410 g/mol. The van der Waals surface area contributed by atoms with Gasteiger partial charge in [0.1, 0.15) is 5.75 Å². The van der Waals surface area contributed by atoms with Gasteiger partial charge in [0, 0.05) is 18.7 Å². The fourth-order valence-corrected chi connectivity index (χ4v) is 4.61. The number of benzene rings is 3. The van der Waals surface area contributed by atoms with E-state index < -0.39 is 10.0 Å². The maximum absolute atomic E-state index is 12.6. The summed E-state index contributed by atoms with van der Waals surface area (Å²) in [6.07, 6.45) is 1.81. The van der Waals surface area contributed by atoms with Crippen LogP contribution in [0.25, 0.3) is 10.8 Å². The molecule has 3 aromatic carbocycles. The number of nitrogens with one attached hydrogen (secondary N) is 1. The van der Waals surface area contributed by atoms with E-state index in [9.17, 15) is 13.2 Å². The van der Waals surface area contributed by atoms with Gasteiger partial charge < -0.3 is 10.1 Å². The standard InChI is InChI=1S/C22H22N2O4S/c1-28-20-7-5-16-11-15(3-4-17(16)13-20)14-23-22(25)19-6-8-21-18(12-19)9-10-24(21)29(2,26)27/h3-8,11-13H,9-10,14H2,1-2H3,(H,23,25). The van der Waals surface area contributed by atoms with Crippen LogP contribution in [0.1, 0.15) is 21.5 Å². The van der Waals surface area contributed by atoms with Gasteiger partial charge in [-0.15, -0.1) is 0 Å². The molecule has 0 unspecified atom stereocenters. The molecule has 6 nitrogen and oxygen atoms in total. The molecular formula is C22H22N2O4S. The molecule has 0 bridgehead atoms. The highest BCUT2D eigenvalue weighted by atomic mass is 32.2. The summed E-state index contributed by atoms with van der Waals surface area (Å²) in [5.41, 5.74) is 3.07. The summed E-state index contributed by atoms with van der Waals surface area (Å²) in [6, 6.07) is 17.1. The Hall–Kier alpha value is -3.06. The van der Waals surface area contributed by atoms with Crippen LogP contribution in [0.4, 0.5) is 5.69 Å². The molecular weight excluding hydrogens is 388 g/mol. The lowest BCUT2D eigenvalue weighted by molar-refractivity contribution is 0.0951. The van der Waals surface area contributed by atoms with E-state index in [0.717, 1.165) is 27.6 Å². The van der Waals surface area contributed by atoms with Crippen molar-refractivity contribution in [1.82, 2.24) is 5.32 Å². The highest BCUT2D eigenvalue weighted by Gasteiger charge is 2.26. The summed E-state index contributed by atoms with van der Waals surface area (Å²) >= 11 is 0. The third-order valence-corrected chi connectivity index (χ3v) is 6.34. The van der Waals surface area contributed by atoms with Gasteiger partial charge in [-0.1, -0.05) is 18.2 Å². The van der Waals surface area contributed by atoms with Crippen molar-refractivity contribution < 1.29 is 17.9 Å². The molecule has 0 saturated carbocycles. The quantitative estimate of drug-likeness (QED) is 0.701. The summed E-state index contributed by atoms with van der Waals surface area (Å²) < 4.78 is 30.3. The Labute approximate surface area is 170 Å². The zero-order chi connectivity index (χ0) is 20.6. The molecule has 29 heavy (non-hydrogen) atoms. The van der Waals surface area contributed by atoms with Gasteiger partial charge in [-0.3, -0.25) is 9.10 Å². The molecule has 150 valence electrons. The van der Waals surface area contributed by atoms with Crippen molar-refractivity contribution in [3.05, 3.63) is 71.3 Å². The third kappa shape index (κ3) is 3.91. The number of fused-ring (bicyclic) bond motifs is 2. The largest absolute Gasteiger partial charge is 0.497 e. The van der Waals surface area contributed by atoms with Gasteiger partial charge in [0.05, 0.1) is 19.1 Å². The van der Waals surface area contributed by atoms with Gasteiger partial charge in [-0.2, -0.15) is 0 Å². The molecule has 4 rings (SSSR count). The predicted octanol–water partition coefficient (Wildman–Crippen LogP) is 3.10. The SMILES string of the molecule is COc1ccc2cc(CNC(=O)c3ccc4c(c3)CCN4S(C)(=O)=O)ccc2c1. The lowest BCUT2D eigenvalue weighted by atomic mass is 10.1. The first-order valence-electron chi connectivity index (χ1n) is 9.31. The first-order chi connectivity index (χ1) is 13.8. The number of methoxy groups -OCH3 is 1. The van der Waals surface area contributed by atoms with Gasteiger partial charge in [-0.05, 0) is 64.7 Å². The van der Waals surface area contributed by atoms with E-state index in [0.29, 0.717) is 30.8 Å². The highest BCUT2D eigenvalue weighted by molar-refractivity contribution is 7.92. The molecule has 0 aromatic heterocycles. The van der Waals surface area contributed by atoms with Crippen LogP contribution in [0, 0.1) is 0 Å². The average Bonchev–Trinajstić information content (AvgIpc) is 3.15. The summed E-state index contributed by atoms with van der Waals surface area (Å²) in [7, 11) is -1.65. The minimum atomic E-state index is -3.29. The minimum Gasteiger partial charge on any atom is -0.497 e. The molecule has 0 atom stereocenters. The summed E-state index contributed by atoms with van der Waals surface area (Å²) in [5.74, 6) is 0.630.